The van der Waals surface area contributed by atoms with Gasteiger partial charge < -0.3 is 14.6 Å². The van der Waals surface area contributed by atoms with E-state index in [2.05, 4.69) is 26.1 Å². The molecule has 1 aromatic carbocycles. The van der Waals surface area contributed by atoms with Crippen LogP contribution in [-0.2, 0) is 17.9 Å². The summed E-state index contributed by atoms with van der Waals surface area (Å²) in [5.74, 6) is 0.0983. The molecule has 1 aliphatic rings. The number of nitrogens with one attached hydrogen (secondary N) is 1. The number of hydrogen-bond acceptors (Lipinski definition) is 4. The van der Waals surface area contributed by atoms with Gasteiger partial charge in [0, 0.05) is 28.5 Å². The number of rotatable bonds is 6. The molecule has 0 unspecified atom stereocenters. The number of halogens is 1. The fourth-order valence-corrected chi connectivity index (χ4v) is 3.71. The molecule has 6 nitrogen and oxygen atoms in total. The van der Waals surface area contributed by atoms with Gasteiger partial charge in [0.25, 0.3) is 0 Å². The molecular formula is C21H26BrN3O3. The van der Waals surface area contributed by atoms with Gasteiger partial charge in [-0.2, -0.15) is 0 Å². The summed E-state index contributed by atoms with van der Waals surface area (Å²) in [5.41, 5.74) is 1.41. The zero-order valence-corrected chi connectivity index (χ0v) is 17.7. The van der Waals surface area contributed by atoms with Crippen LogP contribution in [0.2, 0.25) is 0 Å². The molecule has 1 aliphatic heterocycles. The van der Waals surface area contributed by atoms with Crippen molar-refractivity contribution in [1.82, 2.24) is 9.47 Å². The largest absolute Gasteiger partial charge is 0.491 e. The van der Waals surface area contributed by atoms with Gasteiger partial charge in [-0.15, -0.1) is 0 Å². The highest BCUT2D eigenvalue weighted by molar-refractivity contribution is 9.10. The van der Waals surface area contributed by atoms with Crippen molar-refractivity contribution in [2.75, 3.05) is 25.5 Å². The molecule has 7 heteroatoms. The van der Waals surface area contributed by atoms with Crippen LogP contribution in [0.3, 0.4) is 0 Å². The number of anilines is 1. The Kier molecular flexibility index (Phi) is 7.28. The smallest absolute Gasteiger partial charge is 0.244 e. The Morgan fingerprint density at radius 1 is 1.14 bits per heavy atom. The fourth-order valence-electron chi connectivity index (χ4n) is 3.44. The van der Waals surface area contributed by atoms with Gasteiger partial charge in [0.15, 0.2) is 5.75 Å². The number of pyridine rings is 1. The van der Waals surface area contributed by atoms with Crippen molar-refractivity contribution in [2.24, 2.45) is 0 Å². The van der Waals surface area contributed by atoms with E-state index in [1.807, 2.05) is 28.8 Å². The minimum absolute atomic E-state index is 0.121. The minimum Gasteiger partial charge on any atom is -0.491 e. The van der Waals surface area contributed by atoms with E-state index in [0.717, 1.165) is 28.9 Å². The third kappa shape index (κ3) is 5.69. The van der Waals surface area contributed by atoms with E-state index in [0.29, 0.717) is 6.54 Å². The van der Waals surface area contributed by atoms with Crippen molar-refractivity contribution in [2.45, 2.75) is 38.8 Å². The Morgan fingerprint density at radius 3 is 2.46 bits per heavy atom. The van der Waals surface area contributed by atoms with E-state index in [1.165, 1.54) is 32.8 Å². The Balaban J connectivity index is 1.77. The van der Waals surface area contributed by atoms with E-state index in [9.17, 15) is 9.59 Å². The van der Waals surface area contributed by atoms with Crippen molar-refractivity contribution in [3.8, 4) is 5.75 Å². The van der Waals surface area contributed by atoms with Crippen LogP contribution in [0.4, 0.5) is 5.69 Å². The van der Waals surface area contributed by atoms with Crippen molar-refractivity contribution in [1.29, 1.82) is 0 Å². The molecule has 0 aliphatic carbocycles. The van der Waals surface area contributed by atoms with Gasteiger partial charge in [0.05, 0.1) is 13.3 Å². The third-order valence-corrected chi connectivity index (χ3v) is 5.46. The van der Waals surface area contributed by atoms with Crippen molar-refractivity contribution < 1.29 is 9.53 Å². The van der Waals surface area contributed by atoms with Gasteiger partial charge in [-0.25, -0.2) is 0 Å². The first-order chi connectivity index (χ1) is 13.5. The Bertz CT molecular complexity index is 856. The maximum absolute atomic E-state index is 12.6. The normalized spacial score (nSPS) is 15.1. The summed E-state index contributed by atoms with van der Waals surface area (Å²) in [7, 11) is 1.47. The summed E-state index contributed by atoms with van der Waals surface area (Å²) in [5, 5.41) is 2.90. The van der Waals surface area contributed by atoms with Crippen LogP contribution in [-0.4, -0.2) is 35.6 Å². The van der Waals surface area contributed by atoms with Crippen LogP contribution in [0.5, 0.6) is 5.75 Å². The molecule has 150 valence electrons. The topological polar surface area (TPSA) is 63.6 Å². The lowest BCUT2D eigenvalue weighted by atomic mass is 10.2. The summed E-state index contributed by atoms with van der Waals surface area (Å²) in [6.07, 6.45) is 6.48. The monoisotopic (exact) mass is 447 g/mol. The van der Waals surface area contributed by atoms with E-state index in [-0.39, 0.29) is 23.6 Å². The molecule has 1 saturated heterocycles. The number of carbonyl (C=O) groups excluding carboxylic acids is 1. The first-order valence-electron chi connectivity index (χ1n) is 9.60. The highest BCUT2D eigenvalue weighted by Crippen LogP contribution is 2.16. The highest BCUT2D eigenvalue weighted by Gasteiger charge is 2.15. The lowest BCUT2D eigenvalue weighted by Gasteiger charge is -2.23. The second-order valence-electron chi connectivity index (χ2n) is 7.07. The zero-order valence-electron chi connectivity index (χ0n) is 16.1. The number of aromatic nitrogens is 1. The quantitative estimate of drug-likeness (QED) is 0.733. The van der Waals surface area contributed by atoms with E-state index in [4.69, 9.17) is 4.74 Å². The summed E-state index contributed by atoms with van der Waals surface area (Å²) in [6.45, 7) is 2.82. The van der Waals surface area contributed by atoms with Crippen LogP contribution in [0.1, 0.15) is 31.4 Å². The predicted octanol–water partition coefficient (Wildman–Crippen LogP) is 3.63. The fraction of sp³-hybridized carbons (Fsp3) is 0.429. The number of benzene rings is 1. The number of amides is 1. The summed E-state index contributed by atoms with van der Waals surface area (Å²) < 4.78 is 7.95. The molecule has 3 rings (SSSR count). The SMILES string of the molecule is COc1cn(CC(=O)Nc2ccc(Br)cc2)c(CN2CCCCCC2)cc1=O. The van der Waals surface area contributed by atoms with Crippen LogP contribution in [0.25, 0.3) is 0 Å². The van der Waals surface area contributed by atoms with Gasteiger partial charge in [-0.05, 0) is 50.2 Å². The number of hydrogen-bond donors (Lipinski definition) is 1. The van der Waals surface area contributed by atoms with Gasteiger partial charge in [0.2, 0.25) is 11.3 Å². The first kappa shape index (κ1) is 20.6. The molecule has 28 heavy (non-hydrogen) atoms. The molecule has 1 fully saturated rings. The van der Waals surface area contributed by atoms with Crippen molar-refractivity contribution in [3.63, 3.8) is 0 Å². The number of nitrogens with zero attached hydrogens (tertiary/aromatic N) is 2. The van der Waals surface area contributed by atoms with Crippen molar-refractivity contribution >= 4 is 27.5 Å². The van der Waals surface area contributed by atoms with Crippen LogP contribution >= 0.6 is 15.9 Å². The third-order valence-electron chi connectivity index (χ3n) is 4.93. The maximum atomic E-state index is 12.6. The average molecular weight is 448 g/mol. The summed E-state index contributed by atoms with van der Waals surface area (Å²) >= 11 is 3.39. The molecule has 0 radical (unpaired) electrons. The van der Waals surface area contributed by atoms with Crippen LogP contribution < -0.4 is 15.5 Å². The maximum Gasteiger partial charge on any atom is 0.244 e. The molecular weight excluding hydrogens is 422 g/mol. The number of methoxy groups -OCH3 is 1. The van der Waals surface area contributed by atoms with Gasteiger partial charge >= 0.3 is 0 Å². The molecule has 2 aromatic rings. The van der Waals surface area contributed by atoms with E-state index in [1.54, 1.807) is 12.3 Å². The average Bonchev–Trinajstić information content (AvgIpc) is 2.94. The number of carbonyl (C=O) groups is 1. The Labute approximate surface area is 173 Å². The molecule has 0 saturated carbocycles. The van der Waals surface area contributed by atoms with E-state index < -0.39 is 0 Å². The Hall–Kier alpha value is -2.12. The molecule has 0 bridgehead atoms. The second-order valence-corrected chi connectivity index (χ2v) is 7.99. The molecule has 1 N–H and O–H groups in total. The minimum atomic E-state index is -0.156. The van der Waals surface area contributed by atoms with Gasteiger partial charge in [-0.1, -0.05) is 28.8 Å². The second kappa shape index (κ2) is 9.89. The summed E-state index contributed by atoms with van der Waals surface area (Å²) in [4.78, 5) is 27.2. The van der Waals surface area contributed by atoms with Crippen LogP contribution in [0, 0.1) is 0 Å². The molecule has 1 amide bonds. The highest BCUT2D eigenvalue weighted by atomic mass is 79.9. The van der Waals surface area contributed by atoms with Gasteiger partial charge in [-0.3, -0.25) is 14.5 Å². The molecule has 0 spiro atoms. The summed E-state index contributed by atoms with van der Waals surface area (Å²) in [6, 6.07) is 9.03. The lowest BCUT2D eigenvalue weighted by molar-refractivity contribution is -0.116. The molecule has 0 atom stereocenters. The number of likely N-dealkylation sites (tertiary alicyclic amines) is 1. The van der Waals surface area contributed by atoms with Crippen LogP contribution in [0.15, 0.2) is 45.8 Å². The van der Waals surface area contributed by atoms with Crippen molar-refractivity contribution in [3.05, 3.63) is 56.9 Å². The predicted molar refractivity (Wildman–Crippen MR) is 114 cm³/mol. The Morgan fingerprint density at radius 2 is 1.82 bits per heavy atom. The standard InChI is InChI=1S/C21H26BrN3O3/c1-28-20-14-25(15-21(27)23-17-8-6-16(22)7-9-17)18(12-19(20)26)13-24-10-4-2-3-5-11-24/h6-9,12,14H,2-5,10-11,13,15H2,1H3,(H,23,27). The molecule has 1 aromatic heterocycles. The number of ether oxygens (including phenoxy) is 1. The molecule has 2 heterocycles. The lowest BCUT2D eigenvalue weighted by Crippen LogP contribution is -2.29. The first-order valence-corrected chi connectivity index (χ1v) is 10.4. The van der Waals surface area contributed by atoms with E-state index >= 15 is 0 Å². The zero-order chi connectivity index (χ0) is 19.9. The van der Waals surface area contributed by atoms with Gasteiger partial charge in [0.1, 0.15) is 6.54 Å².